The number of unbranched alkanes of at least 4 members (excludes halogenated alkanes) is 15. The number of ether oxygens (including phenoxy) is 1. The molecule has 0 saturated heterocycles. The number of pyridine rings is 1. The Hall–Kier alpha value is -2.94. The van der Waals surface area contributed by atoms with E-state index in [9.17, 15) is 0 Å². The lowest BCUT2D eigenvalue weighted by Crippen LogP contribution is -1.97. The first-order valence-corrected chi connectivity index (χ1v) is 15.6. The highest BCUT2D eigenvalue weighted by atomic mass is 16.5. The standard InChI is InChI=1S/C36H50N2O/c1-2-3-4-5-6-7-8-9-10-11-12-13-14-15-16-19-30-39-36-27-23-33(24-28-36)32-21-25-34(26-22-32)38-31-35-20-17-18-29-37-35/h17-18,20-29,31H,2-16,19,30H2,1H3. The molecule has 0 amide bonds. The van der Waals surface area contributed by atoms with Gasteiger partial charge in [-0.05, 0) is 53.9 Å². The first-order chi connectivity index (χ1) is 19.3. The molecule has 0 saturated carbocycles. The Bertz CT molecular complexity index is 1010. The van der Waals surface area contributed by atoms with Crippen molar-refractivity contribution in [3.8, 4) is 16.9 Å². The smallest absolute Gasteiger partial charge is 0.119 e. The van der Waals surface area contributed by atoms with Gasteiger partial charge in [-0.3, -0.25) is 9.98 Å². The minimum atomic E-state index is 0.806. The Labute approximate surface area is 238 Å². The summed E-state index contributed by atoms with van der Waals surface area (Å²) in [6.45, 7) is 3.10. The predicted octanol–water partition coefficient (Wildman–Crippen LogP) is 11.1. The van der Waals surface area contributed by atoms with Crippen LogP contribution < -0.4 is 4.74 Å². The predicted molar refractivity (Wildman–Crippen MR) is 168 cm³/mol. The Balaban J connectivity index is 1.18. The molecule has 0 aliphatic carbocycles. The number of hydrogen-bond acceptors (Lipinski definition) is 3. The van der Waals surface area contributed by atoms with Crippen LogP contribution in [0.2, 0.25) is 0 Å². The zero-order chi connectivity index (χ0) is 27.2. The van der Waals surface area contributed by atoms with Gasteiger partial charge in [0, 0.05) is 6.20 Å². The van der Waals surface area contributed by atoms with Crippen molar-refractivity contribution in [1.29, 1.82) is 0 Å². The summed E-state index contributed by atoms with van der Waals surface area (Å²) in [6.07, 6.45) is 25.8. The maximum atomic E-state index is 5.98. The molecule has 3 nitrogen and oxygen atoms in total. The van der Waals surface area contributed by atoms with Gasteiger partial charge in [-0.25, -0.2) is 0 Å². The monoisotopic (exact) mass is 526 g/mol. The molecule has 39 heavy (non-hydrogen) atoms. The van der Waals surface area contributed by atoms with Crippen molar-refractivity contribution in [2.75, 3.05) is 6.61 Å². The molecule has 1 heterocycles. The Morgan fingerprint density at radius 3 is 1.62 bits per heavy atom. The number of nitrogens with zero attached hydrogens (tertiary/aromatic N) is 2. The molecule has 0 N–H and O–H groups in total. The summed E-state index contributed by atoms with van der Waals surface area (Å²) in [5.74, 6) is 0.955. The number of aromatic nitrogens is 1. The minimum Gasteiger partial charge on any atom is -0.494 e. The zero-order valence-electron chi connectivity index (χ0n) is 24.3. The van der Waals surface area contributed by atoms with Gasteiger partial charge in [-0.15, -0.1) is 0 Å². The third kappa shape index (κ3) is 13.6. The third-order valence-electron chi connectivity index (χ3n) is 7.36. The quantitative estimate of drug-likeness (QED) is 0.102. The molecule has 3 rings (SSSR count). The summed E-state index contributed by atoms with van der Waals surface area (Å²) in [7, 11) is 0. The SMILES string of the molecule is CCCCCCCCCCCCCCCCCCOc1ccc(-c2ccc(N=Cc3ccccn3)cc2)cc1. The van der Waals surface area contributed by atoms with Crippen LogP contribution in [0.4, 0.5) is 5.69 Å². The first kappa shape index (κ1) is 30.6. The molecule has 0 aliphatic rings. The van der Waals surface area contributed by atoms with E-state index in [1.165, 1.54) is 107 Å². The van der Waals surface area contributed by atoms with Crippen LogP contribution in [0.25, 0.3) is 11.1 Å². The zero-order valence-corrected chi connectivity index (χ0v) is 24.3. The Morgan fingerprint density at radius 1 is 0.590 bits per heavy atom. The van der Waals surface area contributed by atoms with E-state index in [2.05, 4.69) is 53.3 Å². The van der Waals surface area contributed by atoms with Crippen LogP contribution in [-0.4, -0.2) is 17.8 Å². The molecule has 3 heteroatoms. The second-order valence-electron chi connectivity index (χ2n) is 10.7. The average Bonchev–Trinajstić information content (AvgIpc) is 2.99. The maximum Gasteiger partial charge on any atom is 0.119 e. The number of benzene rings is 2. The first-order valence-electron chi connectivity index (χ1n) is 15.6. The van der Waals surface area contributed by atoms with Crippen molar-refractivity contribution in [2.45, 2.75) is 110 Å². The molecule has 0 radical (unpaired) electrons. The van der Waals surface area contributed by atoms with E-state index in [1.807, 2.05) is 30.3 Å². The van der Waals surface area contributed by atoms with E-state index in [0.717, 1.165) is 30.2 Å². The molecule has 210 valence electrons. The number of aliphatic imine (C=N–C) groups is 1. The van der Waals surface area contributed by atoms with Crippen LogP contribution in [-0.2, 0) is 0 Å². The summed E-state index contributed by atoms with van der Waals surface area (Å²) in [5, 5.41) is 0. The fraction of sp³-hybridized carbons (Fsp3) is 0.500. The lowest BCUT2D eigenvalue weighted by Gasteiger charge is -2.08. The van der Waals surface area contributed by atoms with Gasteiger partial charge in [-0.1, -0.05) is 134 Å². The highest BCUT2D eigenvalue weighted by molar-refractivity contribution is 5.79. The van der Waals surface area contributed by atoms with Gasteiger partial charge in [0.05, 0.1) is 24.2 Å². The minimum absolute atomic E-state index is 0.806. The lowest BCUT2D eigenvalue weighted by atomic mass is 10.0. The van der Waals surface area contributed by atoms with Gasteiger partial charge >= 0.3 is 0 Å². The van der Waals surface area contributed by atoms with Gasteiger partial charge < -0.3 is 4.74 Å². The van der Waals surface area contributed by atoms with E-state index >= 15 is 0 Å². The van der Waals surface area contributed by atoms with E-state index in [-0.39, 0.29) is 0 Å². The summed E-state index contributed by atoms with van der Waals surface area (Å²) >= 11 is 0. The van der Waals surface area contributed by atoms with E-state index in [4.69, 9.17) is 4.74 Å². The van der Waals surface area contributed by atoms with Gasteiger partial charge in [0.1, 0.15) is 5.75 Å². The fourth-order valence-electron chi connectivity index (χ4n) is 4.92. The molecular formula is C36H50N2O. The third-order valence-corrected chi connectivity index (χ3v) is 7.36. The lowest BCUT2D eigenvalue weighted by molar-refractivity contribution is 0.304. The van der Waals surface area contributed by atoms with Gasteiger partial charge in [0.15, 0.2) is 0 Å². The van der Waals surface area contributed by atoms with Crippen LogP contribution >= 0.6 is 0 Å². The van der Waals surface area contributed by atoms with Gasteiger partial charge in [0.25, 0.3) is 0 Å². The molecule has 1 aromatic heterocycles. The Kier molecular flexibility index (Phi) is 15.7. The van der Waals surface area contributed by atoms with Crippen molar-refractivity contribution in [1.82, 2.24) is 4.98 Å². The Morgan fingerprint density at radius 2 is 1.10 bits per heavy atom. The molecule has 0 fully saturated rings. The van der Waals surface area contributed by atoms with E-state index < -0.39 is 0 Å². The van der Waals surface area contributed by atoms with Crippen LogP contribution in [0.1, 0.15) is 115 Å². The topological polar surface area (TPSA) is 34.5 Å². The molecule has 3 aromatic rings. The largest absolute Gasteiger partial charge is 0.494 e. The summed E-state index contributed by atoms with van der Waals surface area (Å²) in [4.78, 5) is 8.78. The number of hydrogen-bond donors (Lipinski definition) is 0. The van der Waals surface area contributed by atoms with Crippen molar-refractivity contribution < 1.29 is 4.74 Å². The second-order valence-corrected chi connectivity index (χ2v) is 10.7. The number of rotatable bonds is 21. The molecule has 0 bridgehead atoms. The van der Waals surface area contributed by atoms with E-state index in [0.29, 0.717) is 0 Å². The van der Waals surface area contributed by atoms with Gasteiger partial charge in [-0.2, -0.15) is 0 Å². The van der Waals surface area contributed by atoms with Crippen molar-refractivity contribution in [3.05, 3.63) is 78.6 Å². The normalized spacial score (nSPS) is 11.3. The molecular weight excluding hydrogens is 476 g/mol. The second kappa shape index (κ2) is 20.0. The van der Waals surface area contributed by atoms with Crippen molar-refractivity contribution in [3.63, 3.8) is 0 Å². The fourth-order valence-corrected chi connectivity index (χ4v) is 4.92. The highest BCUT2D eigenvalue weighted by Crippen LogP contribution is 2.25. The van der Waals surface area contributed by atoms with Gasteiger partial charge in [0.2, 0.25) is 0 Å². The highest BCUT2D eigenvalue weighted by Gasteiger charge is 2.00. The van der Waals surface area contributed by atoms with Crippen molar-refractivity contribution in [2.24, 2.45) is 4.99 Å². The molecule has 0 aliphatic heterocycles. The van der Waals surface area contributed by atoms with E-state index in [1.54, 1.807) is 12.4 Å². The van der Waals surface area contributed by atoms with Crippen LogP contribution in [0.15, 0.2) is 77.9 Å². The van der Waals surface area contributed by atoms with Crippen LogP contribution in [0, 0.1) is 0 Å². The van der Waals surface area contributed by atoms with Crippen LogP contribution in [0.5, 0.6) is 5.75 Å². The maximum absolute atomic E-state index is 5.98. The summed E-state index contributed by atoms with van der Waals surface area (Å²) < 4.78 is 5.98. The summed E-state index contributed by atoms with van der Waals surface area (Å²) in [6, 6.07) is 22.5. The molecule has 0 spiro atoms. The average molecular weight is 527 g/mol. The molecule has 0 unspecified atom stereocenters. The van der Waals surface area contributed by atoms with Crippen LogP contribution in [0.3, 0.4) is 0 Å². The van der Waals surface area contributed by atoms with Crippen molar-refractivity contribution >= 4 is 11.9 Å². The molecule has 0 atom stereocenters. The molecule has 2 aromatic carbocycles. The summed E-state index contributed by atoms with van der Waals surface area (Å²) in [5.41, 5.74) is 4.14.